The van der Waals surface area contributed by atoms with Crippen molar-refractivity contribution in [1.82, 2.24) is 4.90 Å². The van der Waals surface area contributed by atoms with Crippen LogP contribution in [0.3, 0.4) is 0 Å². The van der Waals surface area contributed by atoms with Crippen LogP contribution in [0.4, 0.5) is 4.79 Å². The second-order valence-corrected chi connectivity index (χ2v) is 9.17. The number of benzene rings is 2. The van der Waals surface area contributed by atoms with Gasteiger partial charge in [-0.15, -0.1) is 0 Å². The zero-order chi connectivity index (χ0) is 20.0. The molecule has 3 rings (SSSR count). The number of hydrogen-bond donors (Lipinski definition) is 0. The highest BCUT2D eigenvalue weighted by Crippen LogP contribution is 2.52. The van der Waals surface area contributed by atoms with Gasteiger partial charge in [0.1, 0.15) is 5.60 Å². The number of carbonyl (C=O) groups excluding carboxylic acids is 2. The molecule has 1 saturated heterocycles. The first-order valence-electron chi connectivity index (χ1n) is 8.62. The first-order valence-corrected chi connectivity index (χ1v) is 9.79. The molecule has 2 unspecified atom stereocenters. The topological polar surface area (TPSA) is 46.6 Å². The van der Waals surface area contributed by atoms with E-state index in [4.69, 9.17) is 16.3 Å². The molecule has 0 aliphatic carbocycles. The van der Waals surface area contributed by atoms with Crippen molar-refractivity contribution in [3.05, 3.63) is 69.2 Å². The van der Waals surface area contributed by atoms with Crippen LogP contribution in [0.2, 0.25) is 5.02 Å². The van der Waals surface area contributed by atoms with Gasteiger partial charge in [-0.3, -0.25) is 4.79 Å². The summed E-state index contributed by atoms with van der Waals surface area (Å²) in [5.74, 6) is -0.279. The van der Waals surface area contributed by atoms with Gasteiger partial charge in [0.05, 0.1) is 11.5 Å². The van der Waals surface area contributed by atoms with E-state index in [9.17, 15) is 9.59 Å². The molecule has 4 nitrogen and oxygen atoms in total. The Bertz CT molecular complexity index is 874. The van der Waals surface area contributed by atoms with E-state index in [0.29, 0.717) is 5.02 Å². The van der Waals surface area contributed by atoms with Crippen LogP contribution >= 0.6 is 27.5 Å². The molecule has 0 saturated carbocycles. The quantitative estimate of drug-likeness (QED) is 0.537. The van der Waals surface area contributed by atoms with E-state index >= 15 is 0 Å². The van der Waals surface area contributed by atoms with Gasteiger partial charge < -0.3 is 4.74 Å². The van der Waals surface area contributed by atoms with E-state index in [1.807, 2.05) is 43.3 Å². The van der Waals surface area contributed by atoms with Crippen molar-refractivity contribution < 1.29 is 14.3 Å². The standard InChI is InChI=1S/C21H21BrClNO3/c1-20(2,3)27-19(26)24-17(13-5-11-16(23)12-6-13)21(4,18(24)25)14-7-9-15(22)10-8-14/h5-12,17H,1-4H3. The molecule has 0 spiro atoms. The Balaban J connectivity index is 2.05. The first kappa shape index (κ1) is 19.9. The second-order valence-electron chi connectivity index (χ2n) is 7.82. The minimum Gasteiger partial charge on any atom is -0.443 e. The molecule has 1 aliphatic rings. The lowest BCUT2D eigenvalue weighted by atomic mass is 9.65. The van der Waals surface area contributed by atoms with Crippen molar-refractivity contribution >= 4 is 39.5 Å². The molecule has 27 heavy (non-hydrogen) atoms. The van der Waals surface area contributed by atoms with Crippen molar-refractivity contribution in [2.24, 2.45) is 0 Å². The predicted molar refractivity (Wildman–Crippen MR) is 109 cm³/mol. The third-order valence-corrected chi connectivity index (χ3v) is 5.47. The normalized spacial score (nSPS) is 22.4. The fourth-order valence-electron chi connectivity index (χ4n) is 3.38. The molecule has 0 bridgehead atoms. The molecule has 2 amide bonds. The SMILES string of the molecule is CC(C)(C)OC(=O)N1C(=O)C(C)(c2ccc(Br)cc2)C1c1ccc(Cl)cc1. The lowest BCUT2D eigenvalue weighted by molar-refractivity contribution is -0.157. The Kier molecular flexibility index (Phi) is 5.12. The second kappa shape index (κ2) is 6.95. The maximum absolute atomic E-state index is 13.1. The zero-order valence-corrected chi connectivity index (χ0v) is 18.0. The van der Waals surface area contributed by atoms with E-state index in [0.717, 1.165) is 15.6 Å². The van der Waals surface area contributed by atoms with Crippen LogP contribution in [-0.4, -0.2) is 22.5 Å². The van der Waals surface area contributed by atoms with Gasteiger partial charge in [0, 0.05) is 9.50 Å². The number of likely N-dealkylation sites (tertiary alicyclic amines) is 1. The number of carbonyl (C=O) groups is 2. The van der Waals surface area contributed by atoms with Gasteiger partial charge in [0.25, 0.3) is 0 Å². The highest BCUT2D eigenvalue weighted by Gasteiger charge is 2.62. The fourth-order valence-corrected chi connectivity index (χ4v) is 3.77. The molecule has 2 atom stereocenters. The number of imide groups is 1. The molecule has 2 aromatic carbocycles. The summed E-state index contributed by atoms with van der Waals surface area (Å²) in [6, 6.07) is 14.3. The predicted octanol–water partition coefficient (Wildman–Crippen LogP) is 5.88. The molecule has 142 valence electrons. The maximum Gasteiger partial charge on any atom is 0.417 e. The lowest BCUT2D eigenvalue weighted by Gasteiger charge is -2.53. The highest BCUT2D eigenvalue weighted by molar-refractivity contribution is 9.10. The molecule has 1 heterocycles. The minimum atomic E-state index is -0.870. The summed E-state index contributed by atoms with van der Waals surface area (Å²) in [6.07, 6.45) is -0.637. The van der Waals surface area contributed by atoms with Crippen LogP contribution in [0.1, 0.15) is 44.9 Å². The first-order chi connectivity index (χ1) is 12.5. The van der Waals surface area contributed by atoms with E-state index in [-0.39, 0.29) is 5.91 Å². The summed E-state index contributed by atoms with van der Waals surface area (Å²) in [6.45, 7) is 7.19. The molecule has 6 heteroatoms. The largest absolute Gasteiger partial charge is 0.443 e. The van der Waals surface area contributed by atoms with Crippen LogP contribution < -0.4 is 0 Å². The van der Waals surface area contributed by atoms with Crippen LogP contribution in [0.25, 0.3) is 0 Å². The Morgan fingerprint density at radius 3 is 2.19 bits per heavy atom. The zero-order valence-electron chi connectivity index (χ0n) is 15.6. The molecule has 2 aromatic rings. The molecular weight excluding hydrogens is 430 g/mol. The number of halogens is 2. The van der Waals surface area contributed by atoms with Crippen LogP contribution in [0.5, 0.6) is 0 Å². The Hall–Kier alpha value is -1.85. The highest BCUT2D eigenvalue weighted by atomic mass is 79.9. The Morgan fingerprint density at radius 2 is 1.67 bits per heavy atom. The van der Waals surface area contributed by atoms with E-state index < -0.39 is 23.2 Å². The number of nitrogens with zero attached hydrogens (tertiary/aromatic N) is 1. The third kappa shape index (κ3) is 3.63. The van der Waals surface area contributed by atoms with Gasteiger partial charge in [-0.1, -0.05) is 51.8 Å². The van der Waals surface area contributed by atoms with Gasteiger partial charge in [-0.05, 0) is 63.1 Å². The molecular formula is C21H21BrClNO3. The van der Waals surface area contributed by atoms with Crippen LogP contribution in [0, 0.1) is 0 Å². The average Bonchev–Trinajstić information content (AvgIpc) is 2.58. The Morgan fingerprint density at radius 1 is 1.11 bits per heavy atom. The number of rotatable bonds is 2. The lowest BCUT2D eigenvalue weighted by Crippen LogP contribution is -2.66. The number of hydrogen-bond acceptors (Lipinski definition) is 3. The molecule has 0 N–H and O–H groups in total. The summed E-state index contributed by atoms with van der Waals surface area (Å²) in [4.78, 5) is 27.1. The van der Waals surface area contributed by atoms with Gasteiger partial charge in [-0.2, -0.15) is 0 Å². The molecule has 1 aliphatic heterocycles. The van der Waals surface area contributed by atoms with Gasteiger partial charge >= 0.3 is 6.09 Å². The van der Waals surface area contributed by atoms with Gasteiger partial charge in [0.2, 0.25) is 5.91 Å². The third-order valence-electron chi connectivity index (χ3n) is 4.69. The van der Waals surface area contributed by atoms with Crippen molar-refractivity contribution in [2.45, 2.75) is 44.8 Å². The molecule has 0 aromatic heterocycles. The summed E-state index contributed by atoms with van der Waals surface area (Å²) in [5, 5.41) is 0.596. The van der Waals surface area contributed by atoms with Crippen molar-refractivity contribution in [3.63, 3.8) is 0 Å². The summed E-state index contributed by atoms with van der Waals surface area (Å²) in [5.41, 5.74) is 0.113. The smallest absolute Gasteiger partial charge is 0.417 e. The monoisotopic (exact) mass is 449 g/mol. The number of β-lactam (4-membered cyclic amide) rings is 1. The average molecular weight is 451 g/mol. The molecule has 1 fully saturated rings. The summed E-state index contributed by atoms with van der Waals surface area (Å²) >= 11 is 9.44. The van der Waals surface area contributed by atoms with E-state index in [1.165, 1.54) is 4.90 Å². The maximum atomic E-state index is 13.1. The summed E-state index contributed by atoms with van der Waals surface area (Å²) < 4.78 is 6.39. The van der Waals surface area contributed by atoms with E-state index in [2.05, 4.69) is 15.9 Å². The molecule has 0 radical (unpaired) electrons. The van der Waals surface area contributed by atoms with Crippen molar-refractivity contribution in [1.29, 1.82) is 0 Å². The van der Waals surface area contributed by atoms with Crippen LogP contribution in [0.15, 0.2) is 53.0 Å². The van der Waals surface area contributed by atoms with E-state index in [1.54, 1.807) is 32.9 Å². The van der Waals surface area contributed by atoms with Crippen molar-refractivity contribution in [3.8, 4) is 0 Å². The van der Waals surface area contributed by atoms with Gasteiger partial charge in [-0.25, -0.2) is 9.69 Å². The van der Waals surface area contributed by atoms with Crippen LogP contribution in [-0.2, 0) is 14.9 Å². The summed E-state index contributed by atoms with van der Waals surface area (Å²) in [7, 11) is 0. The minimum absolute atomic E-state index is 0.279. The number of amides is 2. The Labute approximate surface area is 172 Å². The fraction of sp³-hybridized carbons (Fsp3) is 0.333. The van der Waals surface area contributed by atoms with Crippen molar-refractivity contribution in [2.75, 3.05) is 0 Å². The van der Waals surface area contributed by atoms with Gasteiger partial charge in [0.15, 0.2) is 0 Å². The number of ether oxygens (including phenoxy) is 1.